The lowest BCUT2D eigenvalue weighted by atomic mass is 10.0. The van der Waals surface area contributed by atoms with Crippen molar-refractivity contribution in [1.29, 1.82) is 5.26 Å². The molecule has 0 saturated carbocycles. The van der Waals surface area contributed by atoms with Gasteiger partial charge < -0.3 is 9.47 Å². The average molecular weight is 452 g/mol. The summed E-state index contributed by atoms with van der Waals surface area (Å²) in [6.45, 7) is 0. The molecule has 0 unspecified atom stereocenters. The molecule has 7 nitrogen and oxygen atoms in total. The van der Waals surface area contributed by atoms with Gasteiger partial charge in [-0.1, -0.05) is 34.1 Å². The predicted octanol–water partition coefficient (Wildman–Crippen LogP) is 5.62. The zero-order chi connectivity index (χ0) is 20.8. The van der Waals surface area contributed by atoms with Gasteiger partial charge in [-0.2, -0.15) is 5.26 Å². The Labute approximate surface area is 175 Å². The molecular weight excluding hydrogens is 438 g/mol. The van der Waals surface area contributed by atoms with Gasteiger partial charge in [-0.25, -0.2) is 4.98 Å². The number of aromatic nitrogens is 1. The summed E-state index contributed by atoms with van der Waals surface area (Å²) in [7, 11) is 1.50. The van der Waals surface area contributed by atoms with E-state index in [1.807, 2.05) is 24.3 Å². The van der Waals surface area contributed by atoms with Gasteiger partial charge in [0, 0.05) is 16.6 Å². The first-order valence-electron chi connectivity index (χ1n) is 8.34. The number of benzene rings is 2. The van der Waals surface area contributed by atoms with Crippen LogP contribution >= 0.6 is 15.9 Å². The fourth-order valence-electron chi connectivity index (χ4n) is 2.49. The first kappa shape index (κ1) is 20.0. The first-order chi connectivity index (χ1) is 14.0. The molecule has 0 fully saturated rings. The van der Waals surface area contributed by atoms with Gasteiger partial charge in [0.15, 0.2) is 11.5 Å². The Morgan fingerprint density at radius 2 is 1.93 bits per heavy atom. The summed E-state index contributed by atoms with van der Waals surface area (Å²) < 4.78 is 12.0. The summed E-state index contributed by atoms with van der Waals surface area (Å²) in [4.78, 5) is 14.1. The van der Waals surface area contributed by atoms with Crippen molar-refractivity contribution in [2.24, 2.45) is 0 Å². The van der Waals surface area contributed by atoms with Crippen LogP contribution in [-0.2, 0) is 0 Å². The number of allylic oxidation sites excluding steroid dienone is 1. The number of ether oxygens (including phenoxy) is 2. The molecule has 0 saturated heterocycles. The third-order valence-electron chi connectivity index (χ3n) is 3.92. The Morgan fingerprint density at radius 1 is 1.17 bits per heavy atom. The van der Waals surface area contributed by atoms with Crippen molar-refractivity contribution >= 4 is 33.3 Å². The minimum absolute atomic E-state index is 0.123. The van der Waals surface area contributed by atoms with E-state index in [1.54, 1.807) is 24.3 Å². The number of hydrogen-bond acceptors (Lipinski definition) is 6. The van der Waals surface area contributed by atoms with Crippen molar-refractivity contribution in [2.45, 2.75) is 0 Å². The largest absolute Gasteiger partial charge is 0.493 e. The highest BCUT2D eigenvalue weighted by molar-refractivity contribution is 9.10. The predicted molar refractivity (Wildman–Crippen MR) is 112 cm³/mol. The zero-order valence-corrected chi connectivity index (χ0v) is 16.8. The van der Waals surface area contributed by atoms with Gasteiger partial charge >= 0.3 is 0 Å². The molecule has 29 heavy (non-hydrogen) atoms. The summed E-state index contributed by atoms with van der Waals surface area (Å²) in [5.41, 5.74) is 1.93. The molecule has 3 aromatic rings. The minimum Gasteiger partial charge on any atom is -0.493 e. The smallest absolute Gasteiger partial charge is 0.287 e. The summed E-state index contributed by atoms with van der Waals surface area (Å²) in [6.07, 6.45) is 2.87. The molecule has 0 radical (unpaired) electrons. The molecule has 3 rings (SSSR count). The fourth-order valence-corrected chi connectivity index (χ4v) is 2.75. The van der Waals surface area contributed by atoms with Crippen LogP contribution in [0.5, 0.6) is 17.4 Å². The second kappa shape index (κ2) is 8.99. The number of hydrogen-bond donors (Lipinski definition) is 0. The molecule has 0 spiro atoms. The Balaban J connectivity index is 1.87. The normalized spacial score (nSPS) is 10.9. The van der Waals surface area contributed by atoms with Crippen LogP contribution in [0.4, 0.5) is 5.69 Å². The second-order valence-electron chi connectivity index (χ2n) is 5.80. The molecule has 0 atom stereocenters. The van der Waals surface area contributed by atoms with E-state index in [0.717, 1.165) is 21.8 Å². The summed E-state index contributed by atoms with van der Waals surface area (Å²) >= 11 is 3.38. The zero-order valence-electron chi connectivity index (χ0n) is 15.2. The van der Waals surface area contributed by atoms with E-state index >= 15 is 0 Å². The molecule has 0 amide bonds. The molecule has 1 heterocycles. The van der Waals surface area contributed by atoms with Crippen molar-refractivity contribution in [3.05, 3.63) is 86.5 Å². The summed E-state index contributed by atoms with van der Waals surface area (Å²) in [6, 6.07) is 17.6. The Morgan fingerprint density at radius 3 is 2.52 bits per heavy atom. The second-order valence-corrected chi connectivity index (χ2v) is 6.72. The number of nitriles is 1. The molecule has 0 aliphatic rings. The highest BCUT2D eigenvalue weighted by Gasteiger charge is 2.11. The van der Waals surface area contributed by atoms with E-state index in [0.29, 0.717) is 17.1 Å². The van der Waals surface area contributed by atoms with Gasteiger partial charge in [-0.3, -0.25) is 10.1 Å². The molecule has 0 aliphatic heterocycles. The van der Waals surface area contributed by atoms with Crippen LogP contribution in [0, 0.1) is 21.4 Å². The maximum absolute atomic E-state index is 10.7. The third-order valence-corrected chi connectivity index (χ3v) is 4.45. The average Bonchev–Trinajstić information content (AvgIpc) is 2.74. The lowest BCUT2D eigenvalue weighted by Crippen LogP contribution is -1.94. The molecule has 0 aliphatic carbocycles. The van der Waals surface area contributed by atoms with E-state index in [-0.39, 0.29) is 11.6 Å². The fraction of sp³-hybridized carbons (Fsp3) is 0.0476. The van der Waals surface area contributed by atoms with Gasteiger partial charge in [0.2, 0.25) is 5.88 Å². The van der Waals surface area contributed by atoms with Gasteiger partial charge in [0.05, 0.1) is 23.7 Å². The number of methoxy groups -OCH3 is 1. The summed E-state index contributed by atoms with van der Waals surface area (Å²) in [5.74, 6) is 1.03. The molecule has 0 N–H and O–H groups in total. The highest BCUT2D eigenvalue weighted by Crippen LogP contribution is 2.33. The maximum atomic E-state index is 10.7. The van der Waals surface area contributed by atoms with Crippen LogP contribution in [0.25, 0.3) is 11.6 Å². The molecule has 144 valence electrons. The quantitative estimate of drug-likeness (QED) is 0.209. The maximum Gasteiger partial charge on any atom is 0.287 e. The van der Waals surface area contributed by atoms with Crippen molar-refractivity contribution in [3.63, 3.8) is 0 Å². The number of halogens is 1. The van der Waals surface area contributed by atoms with Gasteiger partial charge in [-0.05, 0) is 41.5 Å². The van der Waals surface area contributed by atoms with Gasteiger partial charge in [0.1, 0.15) is 6.20 Å². The third kappa shape index (κ3) is 4.97. The Kier molecular flexibility index (Phi) is 6.22. The van der Waals surface area contributed by atoms with Gasteiger partial charge in [-0.15, -0.1) is 0 Å². The SMILES string of the molecule is COc1cc(/C=C(\C#N)c2ccc(Br)cc2)ccc1Oc1ccc([N+](=O)[O-])cn1. The van der Waals surface area contributed by atoms with Crippen molar-refractivity contribution in [3.8, 4) is 23.4 Å². The monoisotopic (exact) mass is 451 g/mol. The molecule has 0 bridgehead atoms. The van der Waals surface area contributed by atoms with Crippen molar-refractivity contribution in [2.75, 3.05) is 7.11 Å². The lowest BCUT2D eigenvalue weighted by Gasteiger charge is -2.10. The molecule has 8 heteroatoms. The van der Waals surface area contributed by atoms with Crippen LogP contribution in [-0.4, -0.2) is 17.0 Å². The van der Waals surface area contributed by atoms with Crippen molar-refractivity contribution < 1.29 is 14.4 Å². The number of nitrogens with zero attached hydrogens (tertiary/aromatic N) is 3. The van der Waals surface area contributed by atoms with Crippen LogP contribution in [0.15, 0.2) is 65.3 Å². The number of pyridine rings is 1. The topological polar surface area (TPSA) is 98.3 Å². The lowest BCUT2D eigenvalue weighted by molar-refractivity contribution is -0.385. The number of rotatable bonds is 6. The van der Waals surface area contributed by atoms with E-state index in [2.05, 4.69) is 27.0 Å². The van der Waals surface area contributed by atoms with Crippen LogP contribution in [0.2, 0.25) is 0 Å². The standard InChI is InChI=1S/C21H14BrN3O4/c1-28-20-11-14(10-16(12-23)15-3-5-17(22)6-4-15)2-8-19(20)29-21-9-7-18(13-24-21)25(26)27/h2-11,13H,1H3/b16-10+. The van der Waals surface area contributed by atoms with E-state index in [9.17, 15) is 15.4 Å². The van der Waals surface area contributed by atoms with Gasteiger partial charge in [0.25, 0.3) is 5.69 Å². The van der Waals surface area contributed by atoms with E-state index < -0.39 is 4.92 Å². The Bertz CT molecular complexity index is 1100. The van der Waals surface area contributed by atoms with Crippen LogP contribution in [0.1, 0.15) is 11.1 Å². The molecular formula is C21H14BrN3O4. The molecule has 2 aromatic carbocycles. The highest BCUT2D eigenvalue weighted by atomic mass is 79.9. The Hall–Kier alpha value is -3.70. The van der Waals surface area contributed by atoms with Crippen molar-refractivity contribution in [1.82, 2.24) is 4.98 Å². The minimum atomic E-state index is -0.531. The summed E-state index contributed by atoms with van der Waals surface area (Å²) in [5, 5.41) is 20.2. The van der Waals surface area contributed by atoms with Crippen LogP contribution < -0.4 is 9.47 Å². The van der Waals surface area contributed by atoms with E-state index in [1.165, 1.54) is 19.2 Å². The van der Waals surface area contributed by atoms with E-state index in [4.69, 9.17) is 9.47 Å². The molecule has 1 aromatic heterocycles. The number of nitro groups is 1. The van der Waals surface area contributed by atoms with Crippen LogP contribution in [0.3, 0.4) is 0 Å². The first-order valence-corrected chi connectivity index (χ1v) is 9.13.